The van der Waals surface area contributed by atoms with Crippen LogP contribution in [0.2, 0.25) is 0 Å². The number of halogens is 1. The van der Waals surface area contributed by atoms with Gasteiger partial charge in [-0.3, -0.25) is 0 Å². The fourth-order valence-electron chi connectivity index (χ4n) is 2.24. The van der Waals surface area contributed by atoms with Crippen LogP contribution in [0.4, 0.5) is 0 Å². The number of aromatic nitrogens is 1. The first-order chi connectivity index (χ1) is 8.75. The van der Waals surface area contributed by atoms with Gasteiger partial charge in [-0.05, 0) is 42.1 Å². The Bertz CT molecular complexity index is 672. The Labute approximate surface area is 119 Å². The Morgan fingerprint density at radius 1 is 1.00 bits per heavy atom. The van der Waals surface area contributed by atoms with E-state index in [-0.39, 0.29) is 18.4 Å². The molecule has 1 heterocycles. The molecular weight excluding hydrogens is 256 g/mol. The second kappa shape index (κ2) is 5.47. The van der Waals surface area contributed by atoms with Crippen LogP contribution in [0.1, 0.15) is 18.5 Å². The Hall–Kier alpha value is -1.77. The molecule has 0 amide bonds. The maximum Gasteiger partial charge on any atom is 0.0531 e. The molecule has 1 aromatic heterocycles. The quantitative estimate of drug-likeness (QED) is 0.749. The molecule has 0 bridgehead atoms. The van der Waals surface area contributed by atoms with E-state index in [1.807, 2.05) is 13.0 Å². The Balaban J connectivity index is 0.00000133. The smallest absolute Gasteiger partial charge is 0.0531 e. The van der Waals surface area contributed by atoms with Gasteiger partial charge in [0.15, 0.2) is 0 Å². The van der Waals surface area contributed by atoms with Crippen molar-refractivity contribution in [3.63, 3.8) is 0 Å². The topological polar surface area (TPSA) is 30.9 Å². The molecule has 19 heavy (non-hydrogen) atoms. The second-order valence-corrected chi connectivity index (χ2v) is 4.63. The summed E-state index contributed by atoms with van der Waals surface area (Å²) in [7, 11) is 0. The van der Waals surface area contributed by atoms with Crippen LogP contribution in [0.25, 0.3) is 16.6 Å². The average molecular weight is 273 g/mol. The van der Waals surface area contributed by atoms with Crippen LogP contribution in [-0.4, -0.2) is 4.57 Å². The van der Waals surface area contributed by atoms with Gasteiger partial charge in [0.2, 0.25) is 0 Å². The summed E-state index contributed by atoms with van der Waals surface area (Å²) in [6.07, 6.45) is 2.10. The number of nitrogens with zero attached hydrogens (tertiary/aromatic N) is 1. The van der Waals surface area contributed by atoms with Crippen LogP contribution in [0.15, 0.2) is 60.8 Å². The monoisotopic (exact) mass is 272 g/mol. The summed E-state index contributed by atoms with van der Waals surface area (Å²) < 4.78 is 2.20. The SMILES string of the molecule is C[C@H](N)c1ccc2ccn(-c3ccccc3)c2c1.Cl. The first kappa shape index (κ1) is 13.7. The lowest BCUT2D eigenvalue weighted by atomic mass is 10.1. The zero-order valence-electron chi connectivity index (χ0n) is 10.8. The third-order valence-electron chi connectivity index (χ3n) is 3.28. The number of benzene rings is 2. The number of rotatable bonds is 2. The Morgan fingerprint density at radius 2 is 1.74 bits per heavy atom. The van der Waals surface area contributed by atoms with Gasteiger partial charge in [-0.1, -0.05) is 30.3 Å². The van der Waals surface area contributed by atoms with Gasteiger partial charge < -0.3 is 10.3 Å². The molecule has 0 saturated heterocycles. The number of hydrogen-bond donors (Lipinski definition) is 1. The van der Waals surface area contributed by atoms with Crippen molar-refractivity contribution in [1.82, 2.24) is 4.57 Å². The van der Waals surface area contributed by atoms with Gasteiger partial charge in [0.05, 0.1) is 5.52 Å². The zero-order chi connectivity index (χ0) is 12.5. The molecule has 3 aromatic rings. The number of nitrogens with two attached hydrogens (primary N) is 1. The Kier molecular flexibility index (Phi) is 3.93. The molecule has 3 heteroatoms. The molecule has 2 N–H and O–H groups in total. The molecule has 0 radical (unpaired) electrons. The summed E-state index contributed by atoms with van der Waals surface area (Å²) >= 11 is 0. The Morgan fingerprint density at radius 3 is 2.42 bits per heavy atom. The predicted octanol–water partition coefficient (Wildman–Crippen LogP) is 4.07. The molecule has 0 fully saturated rings. The van der Waals surface area contributed by atoms with E-state index < -0.39 is 0 Å². The highest BCUT2D eigenvalue weighted by atomic mass is 35.5. The molecule has 0 unspecified atom stereocenters. The molecule has 1 atom stereocenters. The average Bonchev–Trinajstić information content (AvgIpc) is 2.82. The summed E-state index contributed by atoms with van der Waals surface area (Å²) in [6.45, 7) is 2.01. The van der Waals surface area contributed by atoms with Crippen molar-refractivity contribution in [2.45, 2.75) is 13.0 Å². The molecule has 2 aromatic carbocycles. The van der Waals surface area contributed by atoms with Crippen molar-refractivity contribution >= 4 is 23.3 Å². The van der Waals surface area contributed by atoms with Crippen LogP contribution in [0.5, 0.6) is 0 Å². The van der Waals surface area contributed by atoms with Crippen molar-refractivity contribution < 1.29 is 0 Å². The van der Waals surface area contributed by atoms with Crippen molar-refractivity contribution in [1.29, 1.82) is 0 Å². The summed E-state index contributed by atoms with van der Waals surface area (Å²) in [5.74, 6) is 0. The lowest BCUT2D eigenvalue weighted by molar-refractivity contribution is 0.819. The minimum atomic E-state index is 0. The molecule has 3 rings (SSSR count). The van der Waals surface area contributed by atoms with E-state index >= 15 is 0 Å². The van der Waals surface area contributed by atoms with Crippen molar-refractivity contribution in [3.8, 4) is 5.69 Å². The first-order valence-corrected chi connectivity index (χ1v) is 6.18. The maximum absolute atomic E-state index is 5.95. The molecule has 0 aliphatic rings. The van der Waals surface area contributed by atoms with Gasteiger partial charge in [0, 0.05) is 17.9 Å². The molecular formula is C16H17ClN2. The lowest BCUT2D eigenvalue weighted by Gasteiger charge is -2.09. The van der Waals surface area contributed by atoms with Gasteiger partial charge in [0.25, 0.3) is 0 Å². The highest BCUT2D eigenvalue weighted by Gasteiger charge is 2.05. The lowest BCUT2D eigenvalue weighted by Crippen LogP contribution is -2.04. The second-order valence-electron chi connectivity index (χ2n) is 4.63. The van der Waals surface area contributed by atoms with E-state index in [1.165, 1.54) is 22.2 Å². The molecule has 2 nitrogen and oxygen atoms in total. The van der Waals surface area contributed by atoms with Crippen LogP contribution < -0.4 is 5.73 Å². The molecule has 0 spiro atoms. The zero-order valence-corrected chi connectivity index (χ0v) is 11.6. The van der Waals surface area contributed by atoms with Gasteiger partial charge in [-0.25, -0.2) is 0 Å². The molecule has 0 saturated carbocycles. The summed E-state index contributed by atoms with van der Waals surface area (Å²) in [4.78, 5) is 0. The molecule has 98 valence electrons. The summed E-state index contributed by atoms with van der Waals surface area (Å²) in [6, 6.07) is 19.0. The number of para-hydroxylation sites is 1. The van der Waals surface area contributed by atoms with E-state index in [1.54, 1.807) is 0 Å². The van der Waals surface area contributed by atoms with Crippen molar-refractivity contribution in [2.24, 2.45) is 5.73 Å². The van der Waals surface area contributed by atoms with E-state index in [0.29, 0.717) is 0 Å². The highest BCUT2D eigenvalue weighted by molar-refractivity contribution is 5.85. The number of fused-ring (bicyclic) bond motifs is 1. The van der Waals surface area contributed by atoms with Crippen molar-refractivity contribution in [2.75, 3.05) is 0 Å². The van der Waals surface area contributed by atoms with E-state index in [4.69, 9.17) is 5.73 Å². The van der Waals surface area contributed by atoms with Crippen molar-refractivity contribution in [3.05, 3.63) is 66.4 Å². The first-order valence-electron chi connectivity index (χ1n) is 6.18. The molecule has 0 aliphatic carbocycles. The highest BCUT2D eigenvalue weighted by Crippen LogP contribution is 2.23. The minimum Gasteiger partial charge on any atom is -0.324 e. The fraction of sp³-hybridized carbons (Fsp3) is 0.125. The summed E-state index contributed by atoms with van der Waals surface area (Å²) in [5.41, 5.74) is 9.50. The number of hydrogen-bond acceptors (Lipinski definition) is 1. The van der Waals surface area contributed by atoms with Crippen LogP contribution in [0, 0.1) is 0 Å². The third kappa shape index (κ3) is 2.50. The predicted molar refractivity (Wildman–Crippen MR) is 83.1 cm³/mol. The normalized spacial score (nSPS) is 12.1. The largest absolute Gasteiger partial charge is 0.324 e. The van der Waals surface area contributed by atoms with Gasteiger partial charge in [0.1, 0.15) is 0 Å². The van der Waals surface area contributed by atoms with E-state index in [0.717, 1.165) is 0 Å². The van der Waals surface area contributed by atoms with Crippen LogP contribution in [0.3, 0.4) is 0 Å². The van der Waals surface area contributed by atoms with E-state index in [9.17, 15) is 0 Å². The van der Waals surface area contributed by atoms with Gasteiger partial charge >= 0.3 is 0 Å². The van der Waals surface area contributed by atoms with Gasteiger partial charge in [-0.15, -0.1) is 12.4 Å². The van der Waals surface area contributed by atoms with E-state index in [2.05, 4.69) is 59.3 Å². The minimum absolute atomic E-state index is 0. The van der Waals surface area contributed by atoms with Gasteiger partial charge in [-0.2, -0.15) is 0 Å². The fourth-order valence-corrected chi connectivity index (χ4v) is 2.24. The summed E-state index contributed by atoms with van der Waals surface area (Å²) in [5, 5.41) is 1.24. The molecule has 0 aliphatic heterocycles. The van der Waals surface area contributed by atoms with Crippen LogP contribution in [-0.2, 0) is 0 Å². The maximum atomic E-state index is 5.95. The standard InChI is InChI=1S/C16H16N2.ClH/c1-12(17)14-8-7-13-9-10-18(16(13)11-14)15-5-3-2-4-6-15;/h2-12H,17H2,1H3;1H/t12-;/m0./s1. The van der Waals surface area contributed by atoms with Crippen LogP contribution >= 0.6 is 12.4 Å². The third-order valence-corrected chi connectivity index (χ3v) is 3.28.